The van der Waals surface area contributed by atoms with Crippen LogP contribution >= 0.6 is 0 Å². The monoisotopic (exact) mass is 358 g/mol. The van der Waals surface area contributed by atoms with Gasteiger partial charge in [-0.1, -0.05) is 0 Å². The van der Waals surface area contributed by atoms with E-state index >= 15 is 0 Å². The molecular weight excluding hydrogens is 331 g/mol. The van der Waals surface area contributed by atoms with Crippen molar-refractivity contribution < 1.29 is 9.13 Å². The molecule has 0 aliphatic carbocycles. The van der Waals surface area contributed by atoms with Gasteiger partial charge in [0.15, 0.2) is 0 Å². The zero-order valence-electron chi connectivity index (χ0n) is 15.4. The fourth-order valence-corrected chi connectivity index (χ4v) is 3.91. The van der Waals surface area contributed by atoms with Crippen molar-refractivity contribution in [3.63, 3.8) is 0 Å². The molecule has 4 rings (SSSR count). The third-order valence-corrected chi connectivity index (χ3v) is 5.47. The summed E-state index contributed by atoms with van der Waals surface area (Å²) in [6.45, 7) is 8.77. The van der Waals surface area contributed by atoms with Gasteiger partial charge in [0.25, 0.3) is 0 Å². The quantitative estimate of drug-likeness (QED) is 0.795. The van der Waals surface area contributed by atoms with Crippen LogP contribution in [0.1, 0.15) is 31.2 Å². The van der Waals surface area contributed by atoms with Crippen LogP contribution < -0.4 is 4.74 Å². The van der Waals surface area contributed by atoms with Crippen molar-refractivity contribution in [3.8, 4) is 5.75 Å². The summed E-state index contributed by atoms with van der Waals surface area (Å²) in [5, 5.41) is 4.80. The molecule has 26 heavy (non-hydrogen) atoms. The first kappa shape index (κ1) is 17.5. The van der Waals surface area contributed by atoms with Crippen molar-refractivity contribution in [1.29, 1.82) is 0 Å². The Morgan fingerprint density at radius 1 is 1.19 bits per heavy atom. The lowest BCUT2D eigenvalue weighted by atomic mass is 10.2. The van der Waals surface area contributed by atoms with Crippen LogP contribution in [0, 0.1) is 5.82 Å². The maximum Gasteiger partial charge on any atom is 0.123 e. The molecule has 1 aromatic heterocycles. The topological polar surface area (TPSA) is 33.5 Å². The van der Waals surface area contributed by atoms with Gasteiger partial charge in [0.1, 0.15) is 18.2 Å². The van der Waals surface area contributed by atoms with Crippen molar-refractivity contribution in [2.45, 2.75) is 45.4 Å². The summed E-state index contributed by atoms with van der Waals surface area (Å²) in [7, 11) is 0. The largest absolute Gasteiger partial charge is 0.492 e. The van der Waals surface area contributed by atoms with E-state index in [9.17, 15) is 4.39 Å². The summed E-state index contributed by atoms with van der Waals surface area (Å²) in [4.78, 5) is 4.92. The van der Waals surface area contributed by atoms with Gasteiger partial charge < -0.3 is 4.74 Å². The Balaban J connectivity index is 1.28. The Bertz CT molecular complexity index is 730. The first-order valence-electron chi connectivity index (χ1n) is 9.58. The average molecular weight is 358 g/mol. The first-order chi connectivity index (χ1) is 12.7. The van der Waals surface area contributed by atoms with Crippen LogP contribution in [0.3, 0.4) is 0 Å². The number of hydrogen-bond donors (Lipinski definition) is 0. The van der Waals surface area contributed by atoms with Crippen LogP contribution in [-0.2, 0) is 19.6 Å². The van der Waals surface area contributed by atoms with Crippen molar-refractivity contribution in [1.82, 2.24) is 19.6 Å². The van der Waals surface area contributed by atoms with Gasteiger partial charge in [-0.15, -0.1) is 0 Å². The number of benzene rings is 1. The standard InChI is InChI=1S/C20H27FN4O/c1-16-3-2-8-24(16)14-18-13-19-15-23(9-10-25(19)22-18)11-12-26-20-6-4-17(21)5-7-20/h4-7,13,16H,2-3,8-12,14-15H2,1H3/t16-/m0/s1. The molecule has 0 unspecified atom stereocenters. The van der Waals surface area contributed by atoms with Gasteiger partial charge in [-0.25, -0.2) is 4.39 Å². The van der Waals surface area contributed by atoms with Gasteiger partial charge in [0.05, 0.1) is 17.9 Å². The molecule has 2 aliphatic rings. The molecule has 1 fully saturated rings. The van der Waals surface area contributed by atoms with Gasteiger partial charge in [0, 0.05) is 32.2 Å². The zero-order valence-corrected chi connectivity index (χ0v) is 15.4. The molecule has 5 nitrogen and oxygen atoms in total. The van der Waals surface area contributed by atoms with Crippen molar-refractivity contribution in [2.24, 2.45) is 0 Å². The predicted molar refractivity (Wildman–Crippen MR) is 98.5 cm³/mol. The molecule has 2 aliphatic heterocycles. The summed E-state index contributed by atoms with van der Waals surface area (Å²) in [5.41, 5.74) is 2.48. The Kier molecular flexibility index (Phi) is 5.22. The van der Waals surface area contributed by atoms with E-state index < -0.39 is 0 Å². The second-order valence-corrected chi connectivity index (χ2v) is 7.39. The molecule has 0 radical (unpaired) electrons. The SMILES string of the molecule is C[C@H]1CCCN1Cc1cc2n(n1)CCN(CCOc1ccc(F)cc1)C2. The number of fused-ring (bicyclic) bond motifs is 1. The fourth-order valence-electron chi connectivity index (χ4n) is 3.91. The maximum atomic E-state index is 12.9. The molecule has 0 N–H and O–H groups in total. The van der Waals surface area contributed by atoms with Crippen LogP contribution in [-0.4, -0.2) is 51.9 Å². The average Bonchev–Trinajstić information content (AvgIpc) is 3.22. The molecule has 1 saturated heterocycles. The third-order valence-electron chi connectivity index (χ3n) is 5.47. The smallest absolute Gasteiger partial charge is 0.123 e. The van der Waals surface area contributed by atoms with Crippen molar-refractivity contribution in [2.75, 3.05) is 26.2 Å². The van der Waals surface area contributed by atoms with Gasteiger partial charge in [-0.2, -0.15) is 5.10 Å². The van der Waals surface area contributed by atoms with Crippen LogP contribution in [0.25, 0.3) is 0 Å². The van der Waals surface area contributed by atoms with Crippen LogP contribution in [0.2, 0.25) is 0 Å². The van der Waals surface area contributed by atoms with E-state index in [1.807, 2.05) is 0 Å². The molecule has 0 bridgehead atoms. The van der Waals surface area contributed by atoms with Gasteiger partial charge >= 0.3 is 0 Å². The molecule has 0 spiro atoms. The summed E-state index contributed by atoms with van der Waals surface area (Å²) in [6.07, 6.45) is 2.60. The Morgan fingerprint density at radius 3 is 2.81 bits per heavy atom. The number of aromatic nitrogens is 2. The normalized spacial score (nSPS) is 21.1. The highest BCUT2D eigenvalue weighted by Crippen LogP contribution is 2.21. The van der Waals surface area contributed by atoms with E-state index in [1.165, 1.54) is 42.9 Å². The number of likely N-dealkylation sites (tertiary alicyclic amines) is 1. The Labute approximate surface area is 154 Å². The van der Waals surface area contributed by atoms with E-state index in [0.29, 0.717) is 12.6 Å². The Hall–Kier alpha value is -1.92. The van der Waals surface area contributed by atoms with Gasteiger partial charge in [-0.05, 0) is 56.6 Å². The van der Waals surface area contributed by atoms with Crippen molar-refractivity contribution in [3.05, 3.63) is 47.5 Å². The minimum atomic E-state index is -0.235. The fraction of sp³-hybridized carbons (Fsp3) is 0.550. The summed E-state index contributed by atoms with van der Waals surface area (Å²) in [5.74, 6) is 0.483. The second kappa shape index (κ2) is 7.76. The molecule has 6 heteroatoms. The first-order valence-corrected chi connectivity index (χ1v) is 9.58. The number of nitrogens with zero attached hydrogens (tertiary/aromatic N) is 4. The number of ether oxygens (including phenoxy) is 1. The molecule has 0 amide bonds. The zero-order chi connectivity index (χ0) is 17.9. The van der Waals surface area contributed by atoms with E-state index in [-0.39, 0.29) is 5.82 Å². The van der Waals surface area contributed by atoms with E-state index in [0.717, 1.165) is 38.5 Å². The minimum Gasteiger partial charge on any atom is -0.492 e. The molecule has 3 heterocycles. The number of hydrogen-bond acceptors (Lipinski definition) is 4. The highest BCUT2D eigenvalue weighted by molar-refractivity contribution is 5.22. The number of halogens is 1. The minimum absolute atomic E-state index is 0.235. The van der Waals surface area contributed by atoms with E-state index in [1.54, 1.807) is 12.1 Å². The van der Waals surface area contributed by atoms with E-state index in [4.69, 9.17) is 9.84 Å². The predicted octanol–water partition coefficient (Wildman–Crippen LogP) is 2.90. The van der Waals surface area contributed by atoms with Crippen LogP contribution in [0.5, 0.6) is 5.75 Å². The Morgan fingerprint density at radius 2 is 2.04 bits per heavy atom. The van der Waals surface area contributed by atoms with Crippen LogP contribution in [0.15, 0.2) is 30.3 Å². The van der Waals surface area contributed by atoms with Crippen LogP contribution in [0.4, 0.5) is 4.39 Å². The molecule has 2 aromatic rings. The third kappa shape index (κ3) is 4.07. The highest BCUT2D eigenvalue weighted by atomic mass is 19.1. The maximum absolute atomic E-state index is 12.9. The summed E-state index contributed by atoms with van der Waals surface area (Å²) >= 11 is 0. The number of rotatable bonds is 6. The molecule has 1 atom stereocenters. The van der Waals surface area contributed by atoms with E-state index in [2.05, 4.69) is 27.5 Å². The molecule has 0 saturated carbocycles. The lowest BCUT2D eigenvalue weighted by Gasteiger charge is -2.27. The lowest BCUT2D eigenvalue weighted by Crippen LogP contribution is -2.36. The molecular formula is C20H27FN4O. The van der Waals surface area contributed by atoms with Gasteiger partial charge in [-0.3, -0.25) is 14.5 Å². The summed E-state index contributed by atoms with van der Waals surface area (Å²) in [6, 6.07) is 9.14. The second-order valence-electron chi connectivity index (χ2n) is 7.39. The lowest BCUT2D eigenvalue weighted by molar-refractivity contribution is 0.172. The highest BCUT2D eigenvalue weighted by Gasteiger charge is 2.23. The van der Waals surface area contributed by atoms with Gasteiger partial charge in [0.2, 0.25) is 0 Å². The molecule has 1 aromatic carbocycles. The van der Waals surface area contributed by atoms with Crippen molar-refractivity contribution >= 4 is 0 Å². The summed E-state index contributed by atoms with van der Waals surface area (Å²) < 4.78 is 20.8. The molecule has 140 valence electrons.